The van der Waals surface area contributed by atoms with Gasteiger partial charge in [0.05, 0.1) is 70.2 Å². The van der Waals surface area contributed by atoms with Gasteiger partial charge in [-0.15, -0.1) is 0 Å². The summed E-state index contributed by atoms with van der Waals surface area (Å²) in [6.45, 7) is 27.7. The second kappa shape index (κ2) is 42.4. The van der Waals surface area contributed by atoms with Gasteiger partial charge in [-0.05, 0) is 233 Å². The molecular weight excluding hydrogens is 1830 g/mol. The van der Waals surface area contributed by atoms with Crippen LogP contribution < -0.4 is 134 Å². The number of nitrogens with zero attached hydrogens (tertiary/aromatic N) is 17. The minimum absolute atomic E-state index is 0. The molecule has 2 aromatic carbocycles. The molecule has 0 unspecified atom stereocenters. The zero-order valence-corrected chi connectivity index (χ0v) is 79.8. The molecule has 117 heavy (non-hydrogen) atoms. The van der Waals surface area contributed by atoms with Crippen molar-refractivity contribution in [3.05, 3.63) is 189 Å². The number of carbonyl (C=O) groups excluding carboxylic acids is 5. The molecule has 7 aliphatic rings. The number of anilines is 2. The number of carbonyl (C=O) groups is 5. The van der Waals surface area contributed by atoms with E-state index in [2.05, 4.69) is 151 Å². The predicted octanol–water partition coefficient (Wildman–Crippen LogP) is 3.15. The van der Waals surface area contributed by atoms with Crippen LogP contribution in [0.4, 0.5) is 21.0 Å². The second-order valence-electron chi connectivity index (χ2n) is 29.3. The van der Waals surface area contributed by atoms with E-state index in [4.69, 9.17) is 47.5 Å². The number of fused-ring (bicyclic) bond motifs is 6. The maximum atomic E-state index is 12.3. The summed E-state index contributed by atoms with van der Waals surface area (Å²) in [7, 11) is -1.34. The van der Waals surface area contributed by atoms with E-state index in [1.807, 2.05) is 162 Å². The number of pyridine rings is 4. The van der Waals surface area contributed by atoms with Gasteiger partial charge in [0, 0.05) is 63.1 Å². The molecule has 10 aromatic rings. The Morgan fingerprint density at radius 2 is 0.932 bits per heavy atom. The van der Waals surface area contributed by atoms with E-state index in [9.17, 15) is 19.2 Å². The number of cyclic esters (lactones) is 2. The molecule has 3 N–H and O–H groups in total. The van der Waals surface area contributed by atoms with Crippen LogP contribution in [-0.4, -0.2) is 202 Å². The van der Waals surface area contributed by atoms with Gasteiger partial charge in [0.15, 0.2) is 17.5 Å². The molecule has 0 aliphatic carbocycles. The normalized spacial score (nSPS) is 19.3. The molecule has 4 atom stereocenters. The average molecular weight is 1910 g/mol. The van der Waals surface area contributed by atoms with Crippen LogP contribution in [0, 0.1) is 0 Å². The third-order valence-electron chi connectivity index (χ3n) is 19.9. The summed E-state index contributed by atoms with van der Waals surface area (Å²) in [5, 5.41) is 31.9. The smallest absolute Gasteiger partial charge is 1.00 e. The van der Waals surface area contributed by atoms with E-state index in [-0.39, 0.29) is 193 Å². The van der Waals surface area contributed by atoms with Crippen LogP contribution >= 0.6 is 63.7 Å². The van der Waals surface area contributed by atoms with Crippen molar-refractivity contribution in [2.24, 2.45) is 0 Å². The number of hydrogen-bond donors (Lipinski definition) is 3. The fraction of sp³-hybridized carbons (Fsp3) is 0.384. The van der Waals surface area contributed by atoms with E-state index >= 15 is 0 Å². The molecule has 0 saturated carbocycles. The Balaban J connectivity index is 0.000000196. The van der Waals surface area contributed by atoms with Crippen LogP contribution in [-0.2, 0) is 69.5 Å². The van der Waals surface area contributed by atoms with Crippen molar-refractivity contribution in [1.29, 1.82) is 0 Å². The summed E-state index contributed by atoms with van der Waals surface area (Å²) >= 11 is 13.2. The number of benzene rings is 2. The number of halogens is 4. The largest absolute Gasteiger partial charge is 1.00 e. The molecule has 7 aliphatic heterocycles. The summed E-state index contributed by atoms with van der Waals surface area (Å²) in [5.74, 6) is 1.90. The van der Waals surface area contributed by atoms with Gasteiger partial charge < -0.3 is 59.6 Å². The summed E-state index contributed by atoms with van der Waals surface area (Å²) in [6.07, 6.45) is 19.3. The van der Waals surface area contributed by atoms with Gasteiger partial charge in [0.1, 0.15) is 67.4 Å². The maximum Gasteiger partial charge on any atom is 1.00 e. The zero-order valence-electron chi connectivity index (χ0n) is 68.2. The van der Waals surface area contributed by atoms with Gasteiger partial charge in [0.2, 0.25) is 11.8 Å². The van der Waals surface area contributed by atoms with Crippen molar-refractivity contribution in [2.75, 3.05) is 22.9 Å². The quantitative estimate of drug-likeness (QED) is 0.0550. The first-order valence-corrected chi connectivity index (χ1v) is 39.0. The molecule has 8 aromatic heterocycles. The van der Waals surface area contributed by atoms with Crippen LogP contribution in [0.25, 0.3) is 28.6 Å². The molecule has 0 bridgehead atoms. The fourth-order valence-corrected chi connectivity index (χ4v) is 13.0. The van der Waals surface area contributed by atoms with Gasteiger partial charge in [0.25, 0.3) is 6.47 Å². The van der Waals surface area contributed by atoms with E-state index in [1.54, 1.807) is 67.6 Å². The third kappa shape index (κ3) is 25.0. The molecule has 5 saturated heterocycles. The van der Waals surface area contributed by atoms with Gasteiger partial charge >= 0.3 is 136 Å². The Kier molecular flexibility index (Phi) is 34.9. The third-order valence-corrected chi connectivity index (χ3v) is 21.8. The number of hydrogen-bond acceptors (Lipinski definition) is 27. The minimum Gasteiger partial charge on any atom is -1.00 e. The molecule has 15 heterocycles. The fourth-order valence-electron chi connectivity index (χ4n) is 11.9. The van der Waals surface area contributed by atoms with Gasteiger partial charge in [-0.1, -0.05) is 28.1 Å². The van der Waals surface area contributed by atoms with Crippen molar-refractivity contribution >= 4 is 132 Å². The average Bonchev–Trinajstić information content (AvgIpc) is 1.62. The summed E-state index contributed by atoms with van der Waals surface area (Å²) in [5.41, 5.74) is 4.74. The summed E-state index contributed by atoms with van der Waals surface area (Å²) in [6, 6.07) is 27.0. The number of rotatable bonds is 11. The predicted molar refractivity (Wildman–Crippen MR) is 435 cm³/mol. The summed E-state index contributed by atoms with van der Waals surface area (Å²) in [4.78, 5) is 93.2. The van der Waals surface area contributed by atoms with Crippen molar-refractivity contribution in [3.8, 4) is 28.6 Å². The Morgan fingerprint density at radius 3 is 1.28 bits per heavy atom. The monoisotopic (exact) mass is 1910 g/mol. The summed E-state index contributed by atoms with van der Waals surface area (Å²) < 4.78 is 55.2. The van der Waals surface area contributed by atoms with Gasteiger partial charge in [-0.2, -0.15) is 20.4 Å². The number of nitrogens with one attached hydrogen (secondary N) is 3. The number of H-pyrrole nitrogens is 1. The van der Waals surface area contributed by atoms with E-state index < -0.39 is 21.1 Å². The first-order valence-electron chi connectivity index (χ1n) is 35.8. The van der Waals surface area contributed by atoms with Gasteiger partial charge in [-0.3, -0.25) is 29.3 Å². The van der Waals surface area contributed by atoms with Crippen LogP contribution in [0.3, 0.4) is 0 Å². The van der Waals surface area contributed by atoms with Crippen LogP contribution in [0.2, 0.25) is 0 Å². The zero-order chi connectivity index (χ0) is 83.2. The van der Waals surface area contributed by atoms with Crippen LogP contribution in [0.1, 0.15) is 109 Å². The number of ether oxygens (including phenoxy) is 2. The Morgan fingerprint density at radius 1 is 0.530 bits per heavy atom. The SMILES string of the molecule is Brc1ccc(-n2cncn2)nc1.Brc1ccc(Br)nc1.CC(=O)NC[C@@H]1OC(=O)N2c3ccc(-c4ccc(-n5cncn5)nc4)cc3C[C@H]12.CC(=O)NC[C@@H]1OC(=O)N2c3ccc(Br)cc3C[C@H]12.CC1(C)OB(B2OC(C)(C)C(C)(C)O2)OC1(C)C.CC1(C)OB(c2ccc(-n3cncn3)nc2)OC1(C)C.O=CO[O-].[H-].[K+].[K+].c1nc[nH]n1. The van der Waals surface area contributed by atoms with E-state index in [0.717, 1.165) is 69.4 Å². The standard InChI is InChI=1S/C20H18N6O3.C13H17BN4O2.C13H13BrN2O3.C12H24B2O4.C7H5BrN4.C5H3Br2N.C2H3N3.CH2O3.2K.H/c1-12(27)22-9-18-17-7-15-6-13(2-4-16(15)26(17)20(28)29-18)14-3-5-19(23-8-14)25-11-21-10-24-25;1-12(2)13(3,4)20-14(19-12)10-5-6-11(16-7-10)18-9-15-8-17-18;1-7(17)15-6-12-11-5-8-4-9(14)2-3-10(8)16(11)13(18)19-12;1-9(2)10(3,4)16-13(15-9)14-17-11(5,6)12(7,8)18-14;8-6-1-2-7(10-3-6)12-5-9-4-11-12;6-4-1-2-5(7)8-3-4;1-3-2-5-4-1;2-1-4-3;;;/h2-6,8,10-11,17-18H,7,9H2,1H3,(H,22,27);5-9H,1-4H3;2-4,11-12H,5-6H2,1H3,(H,15,17);1-8H3;1-5H;1-3H;1-2H,(H,3,4,5);1,3H;;;/q;;;;;;;;2*+1;-1/p-1/t17-,18+;;11-,12+;;;;;;;;/m1.1......../s1. The van der Waals surface area contributed by atoms with E-state index in [0.29, 0.717) is 31.1 Å². The Bertz CT molecular complexity index is 4760. The Labute approximate surface area is 797 Å². The molecule has 4 amide bonds. The van der Waals surface area contributed by atoms with Crippen molar-refractivity contribution < 1.29 is 176 Å². The topological polar surface area (TPSA) is 407 Å². The molecule has 606 valence electrons. The van der Waals surface area contributed by atoms with Crippen LogP contribution in [0.15, 0.2) is 178 Å². The van der Waals surface area contributed by atoms with Crippen molar-refractivity contribution in [1.82, 2.24) is 90.0 Å². The minimum atomic E-state index is -0.476. The first-order chi connectivity index (χ1) is 54.5. The molecule has 35 nitrogen and oxygen atoms in total. The van der Waals surface area contributed by atoms with E-state index in [1.165, 1.54) is 45.5 Å². The maximum absolute atomic E-state index is 12.3. The number of aromatic nitrogens is 16. The molecule has 0 spiro atoms. The molecule has 17 rings (SSSR count). The first kappa shape index (κ1) is 96.1. The second-order valence-corrected chi connectivity index (χ2v) is 32.9. The van der Waals surface area contributed by atoms with Gasteiger partial charge in [-0.25, -0.2) is 63.5 Å². The molecular formula is C73H85B3Br4K2N20O15. The molecule has 5 fully saturated rings. The van der Waals surface area contributed by atoms with Crippen molar-refractivity contribution in [2.45, 2.75) is 168 Å². The molecule has 44 heteroatoms. The van der Waals surface area contributed by atoms with Crippen molar-refractivity contribution in [3.63, 3.8) is 0 Å². The van der Waals surface area contributed by atoms with Crippen LogP contribution in [0.5, 0.6) is 0 Å². The Hall–Kier alpha value is -6.34. The number of amides is 4. The molecule has 0 radical (unpaired) electrons. The number of aromatic amines is 1.